The Kier molecular flexibility index (Phi) is 3.59. The summed E-state index contributed by atoms with van der Waals surface area (Å²) in [7, 11) is 0. The molecule has 88 valence electrons. The van der Waals surface area contributed by atoms with Crippen LogP contribution < -0.4 is 5.73 Å². The van der Waals surface area contributed by atoms with Gasteiger partial charge in [0.25, 0.3) is 0 Å². The average Bonchev–Trinajstić information content (AvgIpc) is 2.68. The van der Waals surface area contributed by atoms with Crippen LogP contribution in [0.15, 0.2) is 34.1 Å². The quantitative estimate of drug-likeness (QED) is 0.694. The molecule has 1 aromatic carbocycles. The normalized spacial score (nSPS) is 10.5. The number of benzene rings is 1. The molecular weight excluding hydrogens is 305 g/mol. The van der Waals surface area contributed by atoms with E-state index in [0.717, 1.165) is 9.35 Å². The number of carbonyl (C=O) groups is 1. The minimum atomic E-state index is -0.553. The number of rotatable bonds is 3. The first-order chi connectivity index (χ1) is 8.06. The van der Waals surface area contributed by atoms with E-state index in [1.807, 2.05) is 11.4 Å². The Labute approximate surface area is 110 Å². The van der Waals surface area contributed by atoms with Gasteiger partial charge in [-0.25, -0.2) is 4.39 Å². The molecule has 2 aromatic rings. The van der Waals surface area contributed by atoms with Crippen LogP contribution >= 0.6 is 27.3 Å². The monoisotopic (exact) mass is 313 g/mol. The van der Waals surface area contributed by atoms with E-state index < -0.39 is 5.82 Å². The molecule has 0 spiro atoms. The second-order valence-corrected chi connectivity index (χ2v) is 5.48. The second kappa shape index (κ2) is 4.98. The highest BCUT2D eigenvalue weighted by molar-refractivity contribution is 9.10. The molecular formula is C12H9BrFNOS. The number of anilines is 1. The Balaban J connectivity index is 2.17. The molecule has 2 nitrogen and oxygen atoms in total. The number of hydrogen-bond donors (Lipinski definition) is 1. The lowest BCUT2D eigenvalue weighted by atomic mass is 10.1. The van der Waals surface area contributed by atoms with Gasteiger partial charge in [0.05, 0.1) is 5.69 Å². The van der Waals surface area contributed by atoms with Crippen LogP contribution in [0.5, 0.6) is 0 Å². The highest BCUT2D eigenvalue weighted by Crippen LogP contribution is 2.22. The van der Waals surface area contributed by atoms with Crippen molar-refractivity contribution in [1.29, 1.82) is 0 Å². The lowest BCUT2D eigenvalue weighted by Gasteiger charge is -2.01. The predicted molar refractivity (Wildman–Crippen MR) is 70.9 cm³/mol. The van der Waals surface area contributed by atoms with Gasteiger partial charge in [0.1, 0.15) is 5.82 Å². The molecule has 1 heterocycles. The van der Waals surface area contributed by atoms with Crippen LogP contribution in [0.3, 0.4) is 0 Å². The maximum atomic E-state index is 13.2. The first kappa shape index (κ1) is 12.3. The van der Waals surface area contributed by atoms with Gasteiger partial charge >= 0.3 is 0 Å². The first-order valence-corrected chi connectivity index (χ1v) is 6.54. The number of nitrogens with two attached hydrogens (primary N) is 1. The van der Waals surface area contributed by atoms with Crippen LogP contribution in [-0.4, -0.2) is 5.78 Å². The minimum Gasteiger partial charge on any atom is -0.396 e. The Morgan fingerprint density at radius 1 is 1.41 bits per heavy atom. The second-order valence-electron chi connectivity index (χ2n) is 3.57. The van der Waals surface area contributed by atoms with Crippen molar-refractivity contribution in [3.8, 4) is 0 Å². The molecule has 0 aliphatic rings. The Bertz CT molecular complexity index is 567. The fraction of sp³-hybridized carbons (Fsp3) is 0.0833. The number of hydrogen-bond acceptors (Lipinski definition) is 3. The summed E-state index contributed by atoms with van der Waals surface area (Å²) in [5, 5.41) is 1.91. The molecule has 2 rings (SSSR count). The van der Waals surface area contributed by atoms with Gasteiger partial charge in [0.15, 0.2) is 5.78 Å². The standard InChI is InChI=1S/C12H9BrFNOS/c13-8-4-9(17-6-8)5-12(16)7-1-2-11(15)10(14)3-7/h1-4,6H,5,15H2. The molecule has 2 N–H and O–H groups in total. The molecule has 0 unspecified atom stereocenters. The third-order valence-corrected chi connectivity index (χ3v) is 3.98. The fourth-order valence-corrected chi connectivity index (χ4v) is 2.86. The highest BCUT2D eigenvalue weighted by Gasteiger charge is 2.10. The van der Waals surface area contributed by atoms with Crippen LogP contribution in [0.1, 0.15) is 15.2 Å². The molecule has 5 heteroatoms. The Hall–Kier alpha value is -1.20. The zero-order valence-electron chi connectivity index (χ0n) is 8.74. The topological polar surface area (TPSA) is 43.1 Å². The van der Waals surface area contributed by atoms with Crippen molar-refractivity contribution in [3.63, 3.8) is 0 Å². The van der Waals surface area contributed by atoms with E-state index in [0.29, 0.717) is 5.56 Å². The Morgan fingerprint density at radius 3 is 2.76 bits per heavy atom. The van der Waals surface area contributed by atoms with E-state index >= 15 is 0 Å². The summed E-state index contributed by atoms with van der Waals surface area (Å²) in [6.45, 7) is 0. The van der Waals surface area contributed by atoms with Crippen LogP contribution in [0, 0.1) is 5.82 Å². The third-order valence-electron chi connectivity index (χ3n) is 2.28. The lowest BCUT2D eigenvalue weighted by Crippen LogP contribution is -2.03. The number of halogens is 2. The SMILES string of the molecule is Nc1ccc(C(=O)Cc2cc(Br)cs2)cc1F. The van der Waals surface area contributed by atoms with Gasteiger partial charge in [0.2, 0.25) is 0 Å². The lowest BCUT2D eigenvalue weighted by molar-refractivity contribution is 0.0993. The van der Waals surface area contributed by atoms with Crippen LogP contribution in [0.4, 0.5) is 10.1 Å². The van der Waals surface area contributed by atoms with Gasteiger partial charge in [0, 0.05) is 26.7 Å². The van der Waals surface area contributed by atoms with Gasteiger partial charge in [-0.15, -0.1) is 11.3 Å². The molecule has 1 aromatic heterocycles. The van der Waals surface area contributed by atoms with Crippen LogP contribution in [-0.2, 0) is 6.42 Å². The molecule has 0 aliphatic carbocycles. The third kappa shape index (κ3) is 2.92. The van der Waals surface area contributed by atoms with Gasteiger partial charge < -0.3 is 5.73 Å². The summed E-state index contributed by atoms with van der Waals surface area (Å²) in [6, 6.07) is 6.02. The van der Waals surface area contributed by atoms with E-state index in [1.165, 1.54) is 23.5 Å². The zero-order chi connectivity index (χ0) is 12.4. The van der Waals surface area contributed by atoms with E-state index in [-0.39, 0.29) is 17.9 Å². The highest BCUT2D eigenvalue weighted by atomic mass is 79.9. The van der Waals surface area contributed by atoms with Crippen molar-refractivity contribution in [2.75, 3.05) is 5.73 Å². The van der Waals surface area contributed by atoms with Crippen molar-refractivity contribution in [2.45, 2.75) is 6.42 Å². The first-order valence-electron chi connectivity index (χ1n) is 4.87. The number of carbonyl (C=O) groups excluding carboxylic acids is 1. The minimum absolute atomic E-state index is 0.0559. The molecule has 0 saturated carbocycles. The summed E-state index contributed by atoms with van der Waals surface area (Å²) in [5.41, 5.74) is 5.76. The predicted octanol–water partition coefficient (Wildman–Crippen LogP) is 3.66. The van der Waals surface area contributed by atoms with Crippen molar-refractivity contribution in [1.82, 2.24) is 0 Å². The smallest absolute Gasteiger partial charge is 0.168 e. The Morgan fingerprint density at radius 2 is 2.18 bits per heavy atom. The maximum Gasteiger partial charge on any atom is 0.168 e. The molecule has 17 heavy (non-hydrogen) atoms. The average molecular weight is 314 g/mol. The van der Waals surface area contributed by atoms with Gasteiger partial charge in [-0.2, -0.15) is 0 Å². The van der Waals surface area contributed by atoms with Gasteiger partial charge in [-0.3, -0.25) is 4.79 Å². The molecule has 0 aliphatic heterocycles. The van der Waals surface area contributed by atoms with Gasteiger partial charge in [-0.05, 0) is 40.2 Å². The van der Waals surface area contributed by atoms with Crippen molar-refractivity contribution in [2.24, 2.45) is 0 Å². The van der Waals surface area contributed by atoms with E-state index in [2.05, 4.69) is 15.9 Å². The van der Waals surface area contributed by atoms with E-state index in [4.69, 9.17) is 5.73 Å². The van der Waals surface area contributed by atoms with E-state index in [9.17, 15) is 9.18 Å². The number of nitrogen functional groups attached to an aromatic ring is 1. The number of ketones is 1. The van der Waals surface area contributed by atoms with Gasteiger partial charge in [-0.1, -0.05) is 0 Å². The molecule has 0 fully saturated rings. The van der Waals surface area contributed by atoms with Crippen LogP contribution in [0.2, 0.25) is 0 Å². The summed E-state index contributed by atoms with van der Waals surface area (Å²) in [5.74, 6) is -0.665. The van der Waals surface area contributed by atoms with Crippen molar-refractivity contribution >= 4 is 38.7 Å². The van der Waals surface area contributed by atoms with Crippen molar-refractivity contribution < 1.29 is 9.18 Å². The summed E-state index contributed by atoms with van der Waals surface area (Å²) in [6.07, 6.45) is 0.277. The number of thiophene rings is 1. The summed E-state index contributed by atoms with van der Waals surface area (Å²) < 4.78 is 14.2. The zero-order valence-corrected chi connectivity index (χ0v) is 11.1. The fourth-order valence-electron chi connectivity index (χ4n) is 1.41. The summed E-state index contributed by atoms with van der Waals surface area (Å²) in [4.78, 5) is 12.8. The maximum absolute atomic E-state index is 13.2. The summed E-state index contributed by atoms with van der Waals surface area (Å²) >= 11 is 4.82. The van der Waals surface area contributed by atoms with Crippen molar-refractivity contribution in [3.05, 3.63) is 50.4 Å². The molecule has 0 amide bonds. The largest absolute Gasteiger partial charge is 0.396 e. The molecule has 0 atom stereocenters. The number of Topliss-reactive ketones (excluding diaryl/α,β-unsaturated/α-hetero) is 1. The molecule has 0 bridgehead atoms. The molecule has 0 saturated heterocycles. The molecule has 0 radical (unpaired) electrons. The van der Waals surface area contributed by atoms with Crippen LogP contribution in [0.25, 0.3) is 0 Å². The van der Waals surface area contributed by atoms with E-state index in [1.54, 1.807) is 6.07 Å².